The fourth-order valence-corrected chi connectivity index (χ4v) is 3.65. The van der Waals surface area contributed by atoms with Gasteiger partial charge in [0.05, 0.1) is 5.75 Å². The zero-order valence-electron chi connectivity index (χ0n) is 14.9. The summed E-state index contributed by atoms with van der Waals surface area (Å²) in [5.74, 6) is -0.273. The number of alkyl halides is 3. The van der Waals surface area contributed by atoms with E-state index in [1.165, 1.54) is 16.7 Å². The minimum absolute atomic E-state index is 0. The van der Waals surface area contributed by atoms with Crippen LogP contribution in [0.2, 0.25) is 0 Å². The molecule has 26 heavy (non-hydrogen) atoms. The van der Waals surface area contributed by atoms with Gasteiger partial charge in [-0.05, 0) is 25.5 Å². The first-order valence-electron chi connectivity index (χ1n) is 8.25. The molecule has 4 nitrogen and oxygen atoms in total. The number of hydrogen-bond donors (Lipinski definition) is 2. The van der Waals surface area contributed by atoms with E-state index in [9.17, 15) is 18.0 Å². The summed E-state index contributed by atoms with van der Waals surface area (Å²) in [5, 5.41) is 5.48. The van der Waals surface area contributed by atoms with E-state index >= 15 is 0 Å². The van der Waals surface area contributed by atoms with E-state index in [4.69, 9.17) is 0 Å². The molecule has 0 radical (unpaired) electrons. The Bertz CT molecular complexity index is 595. The number of thioether (sulfide) groups is 1. The third-order valence-electron chi connectivity index (χ3n) is 4.15. The second-order valence-electron chi connectivity index (χ2n) is 6.21. The molecule has 0 bridgehead atoms. The van der Waals surface area contributed by atoms with E-state index in [0.717, 1.165) is 16.0 Å². The van der Waals surface area contributed by atoms with Crippen molar-refractivity contribution in [1.82, 2.24) is 15.5 Å². The van der Waals surface area contributed by atoms with Crippen molar-refractivity contribution in [3.05, 3.63) is 29.3 Å². The Morgan fingerprint density at radius 2 is 1.96 bits per heavy atom. The van der Waals surface area contributed by atoms with E-state index in [-0.39, 0.29) is 24.1 Å². The van der Waals surface area contributed by atoms with Crippen molar-refractivity contribution in [2.75, 3.05) is 38.5 Å². The largest absolute Gasteiger partial charge is 0.405 e. The first kappa shape index (κ1) is 23.1. The molecule has 2 N–H and O–H groups in total. The number of carbonyl (C=O) groups is 1. The molecule has 0 spiro atoms. The maximum absolute atomic E-state index is 13.3. The third kappa shape index (κ3) is 6.98. The minimum atomic E-state index is -4.36. The molecule has 2 rings (SSSR count). The number of amides is 1. The summed E-state index contributed by atoms with van der Waals surface area (Å²) in [4.78, 5) is 14.3. The van der Waals surface area contributed by atoms with Gasteiger partial charge in [0.25, 0.3) is 0 Å². The zero-order valence-corrected chi connectivity index (χ0v) is 16.5. The lowest BCUT2D eigenvalue weighted by Gasteiger charge is -2.35. The number of benzene rings is 1. The molecule has 1 heterocycles. The van der Waals surface area contributed by atoms with Gasteiger partial charge in [-0.15, -0.1) is 24.2 Å². The van der Waals surface area contributed by atoms with Gasteiger partial charge >= 0.3 is 6.18 Å². The van der Waals surface area contributed by atoms with Crippen molar-refractivity contribution in [3.8, 4) is 0 Å². The highest BCUT2D eigenvalue weighted by Gasteiger charge is 2.43. The standard InChI is InChI=1S/C17H24F3N3OS.ClH/c1-12-3-4-14(13(2)9-12)25-11-16(24)22-10-15(17(18,19)20)23-7-5-21-6-8-23;/h3-4,9,15,21H,5-8,10-11H2,1-2H3,(H,22,24);1H. The maximum atomic E-state index is 13.3. The molecule has 9 heteroatoms. The van der Waals surface area contributed by atoms with Gasteiger partial charge in [0.15, 0.2) is 0 Å². The number of carbonyl (C=O) groups excluding carboxylic acids is 1. The molecule has 0 saturated carbocycles. The molecule has 1 unspecified atom stereocenters. The van der Waals surface area contributed by atoms with E-state index in [2.05, 4.69) is 10.6 Å². The van der Waals surface area contributed by atoms with E-state index in [1.54, 1.807) is 0 Å². The number of halogens is 4. The van der Waals surface area contributed by atoms with Crippen LogP contribution in [0.15, 0.2) is 23.1 Å². The van der Waals surface area contributed by atoms with Crippen LogP contribution in [-0.4, -0.2) is 61.5 Å². The van der Waals surface area contributed by atoms with Crippen molar-refractivity contribution < 1.29 is 18.0 Å². The van der Waals surface area contributed by atoms with Crippen molar-refractivity contribution >= 4 is 30.1 Å². The SMILES string of the molecule is Cc1ccc(SCC(=O)NCC(N2CCNCC2)C(F)(F)F)c(C)c1.Cl. The van der Waals surface area contributed by atoms with Crippen LogP contribution in [0.5, 0.6) is 0 Å². The summed E-state index contributed by atoms with van der Waals surface area (Å²) in [5.41, 5.74) is 2.20. The van der Waals surface area contributed by atoms with Gasteiger partial charge in [-0.3, -0.25) is 9.69 Å². The molecule has 1 fully saturated rings. The predicted octanol–water partition coefficient (Wildman–Crippen LogP) is 2.77. The number of rotatable bonds is 6. The molecule has 0 aromatic heterocycles. The zero-order chi connectivity index (χ0) is 18.4. The molecule has 1 aromatic rings. The molecule has 1 aromatic carbocycles. The Labute approximate surface area is 162 Å². The number of aryl methyl sites for hydroxylation is 2. The van der Waals surface area contributed by atoms with Crippen LogP contribution in [0.25, 0.3) is 0 Å². The molecular weight excluding hydrogens is 387 g/mol. The predicted molar refractivity (Wildman–Crippen MR) is 101 cm³/mol. The average Bonchev–Trinajstić information content (AvgIpc) is 2.54. The summed E-state index contributed by atoms with van der Waals surface area (Å²) in [6.07, 6.45) is -4.36. The van der Waals surface area contributed by atoms with Gasteiger partial charge in [-0.1, -0.05) is 17.7 Å². The maximum Gasteiger partial charge on any atom is 0.405 e. The Balaban J connectivity index is 0.00000338. The molecule has 148 valence electrons. The topological polar surface area (TPSA) is 44.4 Å². The Hall–Kier alpha value is -0.960. The fraction of sp³-hybridized carbons (Fsp3) is 0.588. The summed E-state index contributed by atoms with van der Waals surface area (Å²) in [6, 6.07) is 4.27. The molecule has 1 atom stereocenters. The smallest absolute Gasteiger partial charge is 0.353 e. The van der Waals surface area contributed by atoms with Crippen LogP contribution in [0, 0.1) is 13.8 Å². The lowest BCUT2D eigenvalue weighted by Crippen LogP contribution is -2.57. The second-order valence-corrected chi connectivity index (χ2v) is 7.22. The van der Waals surface area contributed by atoms with Gasteiger partial charge < -0.3 is 10.6 Å². The highest BCUT2D eigenvalue weighted by atomic mass is 35.5. The van der Waals surface area contributed by atoms with Gasteiger partial charge in [0, 0.05) is 37.6 Å². The van der Waals surface area contributed by atoms with Crippen molar-refractivity contribution in [1.29, 1.82) is 0 Å². The van der Waals surface area contributed by atoms with Crippen molar-refractivity contribution in [2.45, 2.75) is 31.0 Å². The Morgan fingerprint density at radius 1 is 1.31 bits per heavy atom. The molecule has 1 amide bonds. The Kier molecular flexibility index (Phi) is 9.23. The number of nitrogens with one attached hydrogen (secondary N) is 2. The highest BCUT2D eigenvalue weighted by Crippen LogP contribution is 2.25. The van der Waals surface area contributed by atoms with E-state index in [0.29, 0.717) is 26.2 Å². The summed E-state index contributed by atoms with van der Waals surface area (Å²) in [7, 11) is 0. The van der Waals surface area contributed by atoms with Gasteiger partial charge in [-0.2, -0.15) is 13.2 Å². The minimum Gasteiger partial charge on any atom is -0.353 e. The lowest BCUT2D eigenvalue weighted by atomic mass is 10.2. The molecular formula is C17H25ClF3N3OS. The fourth-order valence-electron chi connectivity index (χ4n) is 2.81. The van der Waals surface area contributed by atoms with Crippen molar-refractivity contribution in [2.24, 2.45) is 0 Å². The Morgan fingerprint density at radius 3 is 2.54 bits per heavy atom. The summed E-state index contributed by atoms with van der Waals surface area (Å²) in [6.45, 7) is 5.26. The monoisotopic (exact) mass is 411 g/mol. The quantitative estimate of drug-likeness (QED) is 0.706. The van der Waals surface area contributed by atoms with Crippen molar-refractivity contribution in [3.63, 3.8) is 0 Å². The number of hydrogen-bond acceptors (Lipinski definition) is 4. The van der Waals surface area contributed by atoms with Crippen LogP contribution in [0.3, 0.4) is 0 Å². The lowest BCUT2D eigenvalue weighted by molar-refractivity contribution is -0.183. The molecule has 1 aliphatic heterocycles. The third-order valence-corrected chi connectivity index (χ3v) is 5.33. The summed E-state index contributed by atoms with van der Waals surface area (Å²) < 4.78 is 39.8. The average molecular weight is 412 g/mol. The van der Waals surface area contributed by atoms with Crippen LogP contribution < -0.4 is 10.6 Å². The van der Waals surface area contributed by atoms with Crippen LogP contribution >= 0.6 is 24.2 Å². The normalized spacial score (nSPS) is 16.7. The first-order valence-corrected chi connectivity index (χ1v) is 9.24. The molecule has 0 aliphatic carbocycles. The van der Waals surface area contributed by atoms with Gasteiger partial charge in [0.2, 0.25) is 5.91 Å². The molecule has 1 aliphatic rings. The number of piperazine rings is 1. The molecule has 1 saturated heterocycles. The first-order chi connectivity index (χ1) is 11.8. The van der Waals surface area contributed by atoms with E-state index in [1.807, 2.05) is 32.0 Å². The van der Waals surface area contributed by atoms with Gasteiger partial charge in [-0.25, -0.2) is 0 Å². The second kappa shape index (κ2) is 10.4. The van der Waals surface area contributed by atoms with Crippen LogP contribution in [0.4, 0.5) is 13.2 Å². The highest BCUT2D eigenvalue weighted by molar-refractivity contribution is 8.00. The number of nitrogens with zero attached hydrogens (tertiary/aromatic N) is 1. The van der Waals surface area contributed by atoms with Crippen LogP contribution in [0.1, 0.15) is 11.1 Å². The van der Waals surface area contributed by atoms with E-state index < -0.39 is 18.8 Å². The van der Waals surface area contributed by atoms with Crippen LogP contribution in [-0.2, 0) is 4.79 Å². The summed E-state index contributed by atoms with van der Waals surface area (Å²) >= 11 is 1.34. The van der Waals surface area contributed by atoms with Gasteiger partial charge in [0.1, 0.15) is 6.04 Å².